The Hall–Kier alpha value is -1.10. The van der Waals surface area contributed by atoms with Crippen molar-refractivity contribution in [1.82, 2.24) is 9.97 Å². The van der Waals surface area contributed by atoms with Crippen molar-refractivity contribution < 1.29 is 9.90 Å². The Morgan fingerprint density at radius 3 is 2.82 bits per heavy atom. The predicted octanol–water partition coefficient (Wildman–Crippen LogP) is 2.66. The molecule has 92 valence electrons. The van der Waals surface area contributed by atoms with E-state index in [1.165, 1.54) is 31.7 Å². The Balaban J connectivity index is 2.01. The molecule has 1 fully saturated rings. The lowest BCUT2D eigenvalue weighted by atomic mass is 10.3. The van der Waals surface area contributed by atoms with Gasteiger partial charge in [0.05, 0.1) is 5.75 Å². The molecule has 5 heteroatoms. The van der Waals surface area contributed by atoms with Gasteiger partial charge in [-0.15, -0.1) is 0 Å². The minimum absolute atomic E-state index is 0.0968. The first-order valence-corrected chi connectivity index (χ1v) is 6.89. The van der Waals surface area contributed by atoms with Crippen LogP contribution in [0.15, 0.2) is 6.07 Å². The average molecular weight is 252 g/mol. The summed E-state index contributed by atoms with van der Waals surface area (Å²) in [5, 5.41) is 9.62. The third-order valence-corrected chi connectivity index (χ3v) is 4.24. The van der Waals surface area contributed by atoms with E-state index in [0.717, 1.165) is 5.69 Å². The van der Waals surface area contributed by atoms with Gasteiger partial charge < -0.3 is 5.11 Å². The first-order chi connectivity index (χ1) is 8.15. The van der Waals surface area contributed by atoms with Gasteiger partial charge in [0.15, 0.2) is 5.69 Å². The molecule has 0 aliphatic heterocycles. The fraction of sp³-hybridized carbons (Fsp3) is 0.583. The first-order valence-electron chi connectivity index (χ1n) is 5.84. The summed E-state index contributed by atoms with van der Waals surface area (Å²) in [5.41, 5.74) is 0.818. The molecule has 0 saturated heterocycles. The van der Waals surface area contributed by atoms with E-state index >= 15 is 0 Å². The van der Waals surface area contributed by atoms with Crippen molar-refractivity contribution in [2.75, 3.05) is 0 Å². The third kappa shape index (κ3) is 3.43. The van der Waals surface area contributed by atoms with Gasteiger partial charge in [-0.05, 0) is 25.8 Å². The van der Waals surface area contributed by atoms with Crippen molar-refractivity contribution in [2.45, 2.75) is 43.6 Å². The average Bonchev–Trinajstić information content (AvgIpc) is 2.78. The van der Waals surface area contributed by atoms with E-state index in [4.69, 9.17) is 5.11 Å². The molecule has 2 rings (SSSR count). The zero-order valence-electron chi connectivity index (χ0n) is 9.85. The molecule has 1 aliphatic carbocycles. The van der Waals surface area contributed by atoms with Crippen molar-refractivity contribution in [1.29, 1.82) is 0 Å². The molecule has 1 heterocycles. The molecule has 17 heavy (non-hydrogen) atoms. The van der Waals surface area contributed by atoms with Crippen molar-refractivity contribution in [3.05, 3.63) is 23.3 Å². The van der Waals surface area contributed by atoms with Crippen LogP contribution in [0.1, 0.15) is 47.7 Å². The molecular formula is C12H16N2O2S. The van der Waals surface area contributed by atoms with Gasteiger partial charge >= 0.3 is 5.97 Å². The molecule has 0 atom stereocenters. The van der Waals surface area contributed by atoms with Crippen LogP contribution in [-0.4, -0.2) is 26.3 Å². The lowest BCUT2D eigenvalue weighted by Gasteiger charge is -2.08. The summed E-state index contributed by atoms with van der Waals surface area (Å²) in [7, 11) is 0. The van der Waals surface area contributed by atoms with Gasteiger partial charge in [0.2, 0.25) is 0 Å². The minimum Gasteiger partial charge on any atom is -0.477 e. The highest BCUT2D eigenvalue weighted by Gasteiger charge is 2.16. The van der Waals surface area contributed by atoms with E-state index in [2.05, 4.69) is 9.97 Å². The van der Waals surface area contributed by atoms with Gasteiger partial charge in [0, 0.05) is 10.9 Å². The first kappa shape index (κ1) is 12.4. The molecule has 4 nitrogen and oxygen atoms in total. The standard InChI is InChI=1S/C12H16N2O2S/c1-8-6-10(12(15)16)14-11(13-8)7-17-9-4-2-3-5-9/h6,9H,2-5,7H2,1H3,(H,15,16). The Morgan fingerprint density at radius 2 is 2.18 bits per heavy atom. The molecular weight excluding hydrogens is 236 g/mol. The summed E-state index contributed by atoms with van der Waals surface area (Å²) < 4.78 is 0. The van der Waals surface area contributed by atoms with Gasteiger partial charge in [-0.3, -0.25) is 0 Å². The summed E-state index contributed by atoms with van der Waals surface area (Å²) in [5.74, 6) is 0.369. The van der Waals surface area contributed by atoms with Crippen LogP contribution in [0.25, 0.3) is 0 Å². The maximum Gasteiger partial charge on any atom is 0.354 e. The lowest BCUT2D eigenvalue weighted by Crippen LogP contribution is -2.07. The Labute approximate surface area is 105 Å². The van der Waals surface area contributed by atoms with Crippen molar-refractivity contribution in [3.8, 4) is 0 Å². The monoisotopic (exact) mass is 252 g/mol. The molecule has 0 bridgehead atoms. The van der Waals surface area contributed by atoms with Crippen LogP contribution in [0.3, 0.4) is 0 Å². The molecule has 1 aliphatic rings. The van der Waals surface area contributed by atoms with E-state index < -0.39 is 5.97 Å². The van der Waals surface area contributed by atoms with Crippen LogP contribution in [0.5, 0.6) is 0 Å². The molecule has 0 spiro atoms. The molecule has 0 amide bonds. The third-order valence-electron chi connectivity index (χ3n) is 2.87. The highest BCUT2D eigenvalue weighted by molar-refractivity contribution is 7.99. The largest absolute Gasteiger partial charge is 0.477 e. The van der Waals surface area contributed by atoms with Crippen molar-refractivity contribution in [2.24, 2.45) is 0 Å². The van der Waals surface area contributed by atoms with E-state index in [1.54, 1.807) is 6.92 Å². The summed E-state index contributed by atoms with van der Waals surface area (Å²) in [6.45, 7) is 1.80. The quantitative estimate of drug-likeness (QED) is 0.892. The number of hydrogen-bond acceptors (Lipinski definition) is 4. The zero-order valence-corrected chi connectivity index (χ0v) is 10.7. The second-order valence-electron chi connectivity index (χ2n) is 4.33. The normalized spacial score (nSPS) is 16.3. The fourth-order valence-electron chi connectivity index (χ4n) is 2.05. The number of carboxylic acids is 1. The van der Waals surface area contributed by atoms with Crippen LogP contribution >= 0.6 is 11.8 Å². The molecule has 1 aromatic heterocycles. The Bertz CT molecular complexity index is 417. The van der Waals surface area contributed by atoms with Crippen molar-refractivity contribution in [3.63, 3.8) is 0 Å². The lowest BCUT2D eigenvalue weighted by molar-refractivity contribution is 0.0689. The fourth-order valence-corrected chi connectivity index (χ4v) is 3.23. The van der Waals surface area contributed by atoms with Crippen LogP contribution < -0.4 is 0 Å². The van der Waals surface area contributed by atoms with Crippen LogP contribution in [-0.2, 0) is 5.75 Å². The number of thioether (sulfide) groups is 1. The number of nitrogens with zero attached hydrogens (tertiary/aromatic N) is 2. The number of aromatic nitrogens is 2. The molecule has 1 saturated carbocycles. The minimum atomic E-state index is -0.984. The van der Waals surface area contributed by atoms with Crippen LogP contribution in [0, 0.1) is 6.92 Å². The smallest absolute Gasteiger partial charge is 0.354 e. The molecule has 1 N–H and O–H groups in total. The van der Waals surface area contributed by atoms with Gasteiger partial charge in [-0.25, -0.2) is 14.8 Å². The highest BCUT2D eigenvalue weighted by atomic mass is 32.2. The highest BCUT2D eigenvalue weighted by Crippen LogP contribution is 2.30. The summed E-state index contributed by atoms with van der Waals surface area (Å²) in [4.78, 5) is 19.2. The summed E-state index contributed by atoms with van der Waals surface area (Å²) in [6, 6.07) is 1.51. The molecule has 0 radical (unpaired) electrons. The van der Waals surface area contributed by atoms with Gasteiger partial charge in [-0.2, -0.15) is 11.8 Å². The maximum absolute atomic E-state index is 10.9. The Morgan fingerprint density at radius 1 is 1.47 bits per heavy atom. The van der Waals surface area contributed by atoms with Crippen LogP contribution in [0.4, 0.5) is 0 Å². The number of aryl methyl sites for hydroxylation is 1. The van der Waals surface area contributed by atoms with Crippen LogP contribution in [0.2, 0.25) is 0 Å². The molecule has 0 unspecified atom stereocenters. The van der Waals surface area contributed by atoms with Gasteiger partial charge in [0.1, 0.15) is 5.82 Å². The molecule has 1 aromatic rings. The number of rotatable bonds is 4. The number of carboxylic acid groups (broad SMARTS) is 1. The van der Waals surface area contributed by atoms with Gasteiger partial charge in [0.25, 0.3) is 0 Å². The maximum atomic E-state index is 10.9. The number of aromatic carboxylic acids is 1. The van der Waals surface area contributed by atoms with E-state index in [9.17, 15) is 4.79 Å². The SMILES string of the molecule is Cc1cc(C(=O)O)nc(CSC2CCCC2)n1. The zero-order chi connectivity index (χ0) is 12.3. The number of hydrogen-bond donors (Lipinski definition) is 1. The van der Waals surface area contributed by atoms with Gasteiger partial charge in [-0.1, -0.05) is 12.8 Å². The predicted molar refractivity (Wildman–Crippen MR) is 67.3 cm³/mol. The Kier molecular flexibility index (Phi) is 3.99. The van der Waals surface area contributed by atoms with E-state index in [1.807, 2.05) is 11.8 Å². The summed E-state index contributed by atoms with van der Waals surface area (Å²) in [6.07, 6.45) is 5.16. The number of carbonyl (C=O) groups is 1. The topological polar surface area (TPSA) is 63.1 Å². The second kappa shape index (κ2) is 5.49. The molecule has 0 aromatic carbocycles. The van der Waals surface area contributed by atoms with E-state index in [0.29, 0.717) is 16.8 Å². The van der Waals surface area contributed by atoms with E-state index in [-0.39, 0.29) is 5.69 Å². The van der Waals surface area contributed by atoms with Crippen molar-refractivity contribution >= 4 is 17.7 Å². The summed E-state index contributed by atoms with van der Waals surface area (Å²) >= 11 is 1.85. The second-order valence-corrected chi connectivity index (χ2v) is 5.62.